The lowest BCUT2D eigenvalue weighted by atomic mass is 10.2. The number of hydrogen-bond donors (Lipinski definition) is 1. The number of nitrogens with zero attached hydrogens (tertiary/aromatic N) is 1. The van der Waals surface area contributed by atoms with E-state index >= 15 is 0 Å². The fourth-order valence-corrected chi connectivity index (χ4v) is 2.20. The van der Waals surface area contributed by atoms with Gasteiger partial charge in [-0.1, -0.05) is 15.9 Å². The molecule has 5 nitrogen and oxygen atoms in total. The second-order valence-corrected chi connectivity index (χ2v) is 6.27. The predicted octanol–water partition coefficient (Wildman–Crippen LogP) is 4.04. The Morgan fingerprint density at radius 2 is 1.81 bits per heavy atom. The Bertz CT molecular complexity index is 722. The van der Waals surface area contributed by atoms with Crippen LogP contribution in [-0.4, -0.2) is 30.3 Å². The molecule has 1 amide bonds. The highest BCUT2D eigenvalue weighted by molar-refractivity contribution is 9.10. The van der Waals surface area contributed by atoms with Crippen LogP contribution in [-0.2, 0) is 4.79 Å². The minimum absolute atomic E-state index is 0.00294. The SMILES string of the molecule is CC(NC(=O)COc1ccc(Br)cc1)c1ccc(OCC(F)(F)F)cn1. The number of carbonyl (C=O) groups is 1. The molecule has 140 valence electrons. The van der Waals surface area contributed by atoms with Crippen molar-refractivity contribution in [2.24, 2.45) is 0 Å². The van der Waals surface area contributed by atoms with Gasteiger partial charge in [0.25, 0.3) is 5.91 Å². The molecule has 1 aromatic carbocycles. The van der Waals surface area contributed by atoms with Crippen LogP contribution in [0.1, 0.15) is 18.7 Å². The quantitative estimate of drug-likeness (QED) is 0.716. The van der Waals surface area contributed by atoms with Crippen LogP contribution in [0.25, 0.3) is 0 Å². The van der Waals surface area contributed by atoms with Gasteiger partial charge in [-0.05, 0) is 43.3 Å². The minimum Gasteiger partial charge on any atom is -0.484 e. The van der Waals surface area contributed by atoms with Crippen LogP contribution in [0.3, 0.4) is 0 Å². The van der Waals surface area contributed by atoms with Gasteiger partial charge in [0.2, 0.25) is 0 Å². The molecule has 1 atom stereocenters. The smallest absolute Gasteiger partial charge is 0.422 e. The highest BCUT2D eigenvalue weighted by Crippen LogP contribution is 2.19. The fourth-order valence-electron chi connectivity index (χ4n) is 1.94. The molecule has 0 aliphatic heterocycles. The lowest BCUT2D eigenvalue weighted by Crippen LogP contribution is -2.31. The van der Waals surface area contributed by atoms with E-state index < -0.39 is 18.8 Å². The molecule has 1 heterocycles. The molecule has 1 unspecified atom stereocenters. The van der Waals surface area contributed by atoms with Crippen molar-refractivity contribution < 1.29 is 27.4 Å². The number of alkyl halides is 3. The molecular weight excluding hydrogens is 417 g/mol. The van der Waals surface area contributed by atoms with Crippen LogP contribution in [0.2, 0.25) is 0 Å². The molecule has 2 aromatic rings. The molecule has 9 heteroatoms. The third kappa shape index (κ3) is 6.91. The summed E-state index contributed by atoms with van der Waals surface area (Å²) in [6, 6.07) is 9.46. The van der Waals surface area contributed by atoms with Gasteiger partial charge < -0.3 is 14.8 Å². The van der Waals surface area contributed by atoms with Gasteiger partial charge in [-0.25, -0.2) is 0 Å². The van der Waals surface area contributed by atoms with Crippen LogP contribution in [0.15, 0.2) is 47.1 Å². The maximum Gasteiger partial charge on any atom is 0.422 e. The first-order valence-electron chi connectivity index (χ1n) is 7.56. The van der Waals surface area contributed by atoms with Crippen molar-refractivity contribution in [2.75, 3.05) is 13.2 Å². The lowest BCUT2D eigenvalue weighted by Gasteiger charge is -2.15. The monoisotopic (exact) mass is 432 g/mol. The number of nitrogens with one attached hydrogen (secondary N) is 1. The van der Waals surface area contributed by atoms with Crippen LogP contribution in [0.5, 0.6) is 11.5 Å². The van der Waals surface area contributed by atoms with Gasteiger partial charge in [0.1, 0.15) is 11.5 Å². The first-order valence-corrected chi connectivity index (χ1v) is 8.35. The highest BCUT2D eigenvalue weighted by atomic mass is 79.9. The zero-order valence-electron chi connectivity index (χ0n) is 13.7. The van der Waals surface area contributed by atoms with Crippen molar-refractivity contribution in [2.45, 2.75) is 19.1 Å². The largest absolute Gasteiger partial charge is 0.484 e. The third-order valence-corrected chi connectivity index (χ3v) is 3.70. The van der Waals surface area contributed by atoms with E-state index in [9.17, 15) is 18.0 Å². The van der Waals surface area contributed by atoms with E-state index in [1.165, 1.54) is 18.3 Å². The molecule has 0 fully saturated rings. The highest BCUT2D eigenvalue weighted by Gasteiger charge is 2.28. The van der Waals surface area contributed by atoms with Gasteiger partial charge >= 0.3 is 6.18 Å². The Labute approximate surface area is 156 Å². The predicted molar refractivity (Wildman–Crippen MR) is 92.0 cm³/mol. The molecule has 1 aromatic heterocycles. The van der Waals surface area contributed by atoms with Gasteiger partial charge in [-0.2, -0.15) is 13.2 Å². The van der Waals surface area contributed by atoms with E-state index in [1.807, 2.05) is 0 Å². The van der Waals surface area contributed by atoms with Crippen molar-refractivity contribution in [3.8, 4) is 11.5 Å². The van der Waals surface area contributed by atoms with E-state index in [4.69, 9.17) is 4.74 Å². The average Bonchev–Trinajstić information content (AvgIpc) is 2.59. The van der Waals surface area contributed by atoms with Gasteiger partial charge in [0.05, 0.1) is 17.9 Å². The first kappa shape index (κ1) is 20.0. The fraction of sp³-hybridized carbons (Fsp3) is 0.294. The first-order chi connectivity index (χ1) is 12.2. The zero-order valence-corrected chi connectivity index (χ0v) is 15.3. The molecule has 0 radical (unpaired) electrons. The number of amides is 1. The second-order valence-electron chi connectivity index (χ2n) is 5.35. The molecule has 0 aliphatic rings. The molecule has 0 saturated heterocycles. The zero-order chi connectivity index (χ0) is 19.2. The van der Waals surface area contributed by atoms with E-state index in [2.05, 4.69) is 31.0 Å². The molecule has 0 bridgehead atoms. The van der Waals surface area contributed by atoms with Crippen LogP contribution >= 0.6 is 15.9 Å². The molecule has 1 N–H and O–H groups in total. The van der Waals surface area contributed by atoms with E-state index in [1.54, 1.807) is 31.2 Å². The Kier molecular flexibility index (Phi) is 6.84. The summed E-state index contributed by atoms with van der Waals surface area (Å²) in [4.78, 5) is 15.9. The van der Waals surface area contributed by atoms with Crippen molar-refractivity contribution in [1.29, 1.82) is 0 Å². The number of pyridine rings is 1. The van der Waals surface area contributed by atoms with Gasteiger partial charge in [-0.15, -0.1) is 0 Å². The average molecular weight is 433 g/mol. The number of carbonyl (C=O) groups excluding carboxylic acids is 1. The van der Waals surface area contributed by atoms with Crippen LogP contribution < -0.4 is 14.8 Å². The molecule has 0 spiro atoms. The maximum atomic E-state index is 12.1. The Morgan fingerprint density at radius 1 is 1.15 bits per heavy atom. The Hall–Kier alpha value is -2.29. The summed E-state index contributed by atoms with van der Waals surface area (Å²) >= 11 is 3.30. The summed E-state index contributed by atoms with van der Waals surface area (Å²) in [6.07, 6.45) is -3.23. The van der Waals surface area contributed by atoms with Crippen molar-refractivity contribution in [3.05, 3.63) is 52.8 Å². The Balaban J connectivity index is 1.81. The normalized spacial score (nSPS) is 12.3. The number of benzene rings is 1. The number of ether oxygens (including phenoxy) is 2. The summed E-state index contributed by atoms with van der Waals surface area (Å²) in [5.74, 6) is 0.211. The second kappa shape index (κ2) is 8.88. The number of rotatable bonds is 7. The number of hydrogen-bond acceptors (Lipinski definition) is 4. The van der Waals surface area contributed by atoms with Crippen molar-refractivity contribution in [1.82, 2.24) is 10.3 Å². The number of aromatic nitrogens is 1. The van der Waals surface area contributed by atoms with Crippen LogP contribution in [0, 0.1) is 0 Å². The van der Waals surface area contributed by atoms with Crippen LogP contribution in [0.4, 0.5) is 13.2 Å². The summed E-state index contributed by atoms with van der Waals surface area (Å²) in [5.41, 5.74) is 0.487. The molecule has 0 saturated carbocycles. The van der Waals surface area contributed by atoms with Gasteiger partial charge in [0, 0.05) is 4.47 Å². The number of halogens is 4. The molecule has 2 rings (SSSR count). The van der Waals surface area contributed by atoms with Gasteiger partial charge in [-0.3, -0.25) is 9.78 Å². The molecule has 26 heavy (non-hydrogen) atoms. The summed E-state index contributed by atoms with van der Waals surface area (Å²) in [5, 5.41) is 2.70. The maximum absolute atomic E-state index is 12.1. The van der Waals surface area contributed by atoms with Gasteiger partial charge in [0.15, 0.2) is 13.2 Å². The molecular formula is C17H16BrF3N2O3. The minimum atomic E-state index is -4.41. The Morgan fingerprint density at radius 3 is 2.38 bits per heavy atom. The van der Waals surface area contributed by atoms with E-state index in [0.717, 1.165) is 4.47 Å². The molecule has 0 aliphatic carbocycles. The lowest BCUT2D eigenvalue weighted by molar-refractivity contribution is -0.153. The standard InChI is InChI=1S/C17H16BrF3N2O3/c1-11(15-7-6-14(8-22-15)26-10-17(19,20)21)23-16(24)9-25-13-4-2-12(18)3-5-13/h2-8,11H,9-10H2,1H3,(H,23,24). The third-order valence-electron chi connectivity index (χ3n) is 3.17. The van der Waals surface area contributed by atoms with E-state index in [-0.39, 0.29) is 18.3 Å². The summed E-state index contributed by atoms with van der Waals surface area (Å²) < 4.78 is 47.1. The van der Waals surface area contributed by atoms with E-state index in [0.29, 0.717) is 11.4 Å². The van der Waals surface area contributed by atoms with Crippen molar-refractivity contribution in [3.63, 3.8) is 0 Å². The topological polar surface area (TPSA) is 60.5 Å². The summed E-state index contributed by atoms with van der Waals surface area (Å²) in [6.45, 7) is 0.155. The summed E-state index contributed by atoms with van der Waals surface area (Å²) in [7, 11) is 0. The van der Waals surface area contributed by atoms with Crippen molar-refractivity contribution >= 4 is 21.8 Å².